The number of carbonyl (C=O) groups excluding carboxylic acids is 1. The number of allylic oxidation sites excluding steroid dienone is 1. The second-order valence-electron chi connectivity index (χ2n) is 9.24. The molecule has 0 fully saturated rings. The predicted octanol–water partition coefficient (Wildman–Crippen LogP) is 9.52. The van der Waals surface area contributed by atoms with Crippen LogP contribution in [0.4, 0.5) is 0 Å². The minimum atomic E-state index is -0.0712. The van der Waals surface area contributed by atoms with E-state index < -0.39 is 0 Å². The van der Waals surface area contributed by atoms with Crippen LogP contribution < -0.4 is 0 Å². The highest BCUT2D eigenvalue weighted by Gasteiger charge is 2.01. The molecule has 0 aliphatic carbocycles. The van der Waals surface area contributed by atoms with Gasteiger partial charge in [-0.15, -0.1) is 0 Å². The number of ether oxygens (including phenoxy) is 1. The minimum absolute atomic E-state index is 0.0712. The summed E-state index contributed by atoms with van der Waals surface area (Å²) in [7, 11) is 0. The molecule has 2 heteroatoms. The molecular formula is C27H52O2. The normalized spacial score (nSPS) is 11.6. The van der Waals surface area contributed by atoms with Crippen molar-refractivity contribution in [3.63, 3.8) is 0 Å². The van der Waals surface area contributed by atoms with Crippen molar-refractivity contribution in [2.45, 2.75) is 149 Å². The summed E-state index contributed by atoms with van der Waals surface area (Å²) >= 11 is 0. The number of hydrogen-bond donors (Lipinski definition) is 0. The Labute approximate surface area is 183 Å². The van der Waals surface area contributed by atoms with E-state index in [4.69, 9.17) is 4.74 Å². The van der Waals surface area contributed by atoms with Crippen molar-refractivity contribution in [1.82, 2.24) is 0 Å². The van der Waals surface area contributed by atoms with E-state index in [0.717, 1.165) is 25.2 Å². The van der Waals surface area contributed by atoms with Gasteiger partial charge in [0.25, 0.3) is 0 Å². The second-order valence-corrected chi connectivity index (χ2v) is 9.24. The van der Waals surface area contributed by atoms with E-state index in [2.05, 4.69) is 20.8 Å². The van der Waals surface area contributed by atoms with E-state index in [9.17, 15) is 4.79 Å². The van der Waals surface area contributed by atoms with Crippen LogP contribution in [-0.4, -0.2) is 5.97 Å². The zero-order valence-corrected chi connectivity index (χ0v) is 20.2. The smallest absolute Gasteiger partial charge is 0.310 e. The largest absolute Gasteiger partial charge is 0.435 e. The highest BCUT2D eigenvalue weighted by Crippen LogP contribution is 2.13. The van der Waals surface area contributed by atoms with Crippen LogP contribution in [0, 0.1) is 5.92 Å². The molecule has 0 aliphatic heterocycles. The Morgan fingerprint density at radius 3 is 1.72 bits per heavy atom. The molecule has 29 heavy (non-hydrogen) atoms. The van der Waals surface area contributed by atoms with Crippen molar-refractivity contribution in [3.05, 3.63) is 12.3 Å². The maximum atomic E-state index is 11.7. The first-order valence-electron chi connectivity index (χ1n) is 13.0. The molecule has 0 unspecified atom stereocenters. The van der Waals surface area contributed by atoms with Crippen molar-refractivity contribution in [2.75, 3.05) is 0 Å². The first-order chi connectivity index (χ1) is 14.2. The van der Waals surface area contributed by atoms with Gasteiger partial charge in [-0.2, -0.15) is 0 Å². The van der Waals surface area contributed by atoms with Crippen LogP contribution in [0.5, 0.6) is 0 Å². The summed E-state index contributed by atoms with van der Waals surface area (Å²) in [5.41, 5.74) is 0. The van der Waals surface area contributed by atoms with E-state index in [-0.39, 0.29) is 5.97 Å². The first kappa shape index (κ1) is 28.2. The van der Waals surface area contributed by atoms with Gasteiger partial charge in [0.1, 0.15) is 0 Å². The van der Waals surface area contributed by atoms with E-state index in [1.165, 1.54) is 103 Å². The number of rotatable bonds is 22. The quantitative estimate of drug-likeness (QED) is 0.101. The van der Waals surface area contributed by atoms with E-state index in [1.54, 1.807) is 6.26 Å². The van der Waals surface area contributed by atoms with Crippen LogP contribution in [0.3, 0.4) is 0 Å². The van der Waals surface area contributed by atoms with Crippen LogP contribution >= 0.6 is 0 Å². The lowest BCUT2D eigenvalue weighted by Crippen LogP contribution is -1.99. The zero-order valence-electron chi connectivity index (χ0n) is 20.2. The fourth-order valence-corrected chi connectivity index (χ4v) is 3.71. The van der Waals surface area contributed by atoms with E-state index >= 15 is 0 Å². The molecular weight excluding hydrogens is 356 g/mol. The Kier molecular flexibility index (Phi) is 22.8. The van der Waals surface area contributed by atoms with Crippen LogP contribution in [0.2, 0.25) is 0 Å². The molecule has 0 bridgehead atoms. The summed E-state index contributed by atoms with van der Waals surface area (Å²) in [6, 6.07) is 0. The summed E-state index contributed by atoms with van der Waals surface area (Å²) in [5, 5.41) is 0. The molecule has 0 atom stereocenters. The van der Waals surface area contributed by atoms with Crippen LogP contribution in [0.1, 0.15) is 149 Å². The SMILES string of the molecule is CCCCCCCCCCCCCCC=COC(=O)CCCCCCCC(C)C. The minimum Gasteiger partial charge on any atom is -0.435 e. The Morgan fingerprint density at radius 2 is 1.17 bits per heavy atom. The third-order valence-corrected chi connectivity index (χ3v) is 5.68. The molecule has 0 radical (unpaired) electrons. The topological polar surface area (TPSA) is 26.3 Å². The van der Waals surface area contributed by atoms with Crippen LogP contribution in [0.15, 0.2) is 12.3 Å². The standard InChI is InChI=1S/C27H52O2/c1-4-5-6-7-8-9-10-11-12-13-14-15-19-22-25-29-27(28)24-21-18-16-17-20-23-26(2)3/h22,25-26H,4-21,23-24H2,1-3H3. The molecule has 0 rings (SSSR count). The average molecular weight is 409 g/mol. The highest BCUT2D eigenvalue weighted by atomic mass is 16.5. The van der Waals surface area contributed by atoms with Gasteiger partial charge in [0.2, 0.25) is 0 Å². The number of unbranched alkanes of at least 4 members (excludes halogenated alkanes) is 16. The van der Waals surface area contributed by atoms with Gasteiger partial charge in [-0.1, -0.05) is 124 Å². The number of esters is 1. The zero-order chi connectivity index (χ0) is 21.4. The summed E-state index contributed by atoms with van der Waals surface area (Å²) in [5.74, 6) is 0.741. The van der Waals surface area contributed by atoms with Crippen molar-refractivity contribution < 1.29 is 9.53 Å². The molecule has 172 valence electrons. The fourth-order valence-electron chi connectivity index (χ4n) is 3.71. The van der Waals surface area contributed by atoms with Crippen molar-refractivity contribution >= 4 is 5.97 Å². The molecule has 0 aliphatic rings. The summed E-state index contributed by atoms with van der Waals surface area (Å²) in [4.78, 5) is 11.7. The molecule has 0 heterocycles. The Morgan fingerprint density at radius 1 is 0.690 bits per heavy atom. The van der Waals surface area contributed by atoms with Crippen LogP contribution in [0.25, 0.3) is 0 Å². The summed E-state index contributed by atoms with van der Waals surface area (Å²) < 4.78 is 5.19. The lowest BCUT2D eigenvalue weighted by molar-refractivity contribution is -0.138. The molecule has 2 nitrogen and oxygen atoms in total. The van der Waals surface area contributed by atoms with Gasteiger partial charge >= 0.3 is 5.97 Å². The molecule has 0 aromatic rings. The maximum Gasteiger partial charge on any atom is 0.310 e. The monoisotopic (exact) mass is 408 g/mol. The van der Waals surface area contributed by atoms with Gasteiger partial charge in [0.15, 0.2) is 0 Å². The van der Waals surface area contributed by atoms with Gasteiger partial charge in [-0.25, -0.2) is 0 Å². The Hall–Kier alpha value is -0.790. The number of hydrogen-bond acceptors (Lipinski definition) is 2. The molecule has 0 spiro atoms. The van der Waals surface area contributed by atoms with Gasteiger partial charge in [-0.05, 0) is 31.3 Å². The van der Waals surface area contributed by atoms with Gasteiger partial charge < -0.3 is 4.74 Å². The molecule has 0 saturated carbocycles. The predicted molar refractivity (Wildman–Crippen MR) is 128 cm³/mol. The lowest BCUT2D eigenvalue weighted by atomic mass is 10.0. The van der Waals surface area contributed by atoms with Crippen LogP contribution in [-0.2, 0) is 9.53 Å². The third-order valence-electron chi connectivity index (χ3n) is 5.68. The first-order valence-corrected chi connectivity index (χ1v) is 13.0. The Bertz CT molecular complexity index is 360. The van der Waals surface area contributed by atoms with Gasteiger partial charge in [-0.3, -0.25) is 4.79 Å². The van der Waals surface area contributed by atoms with Crippen molar-refractivity contribution in [1.29, 1.82) is 0 Å². The highest BCUT2D eigenvalue weighted by molar-refractivity contribution is 5.69. The van der Waals surface area contributed by atoms with Crippen molar-refractivity contribution in [3.8, 4) is 0 Å². The lowest BCUT2D eigenvalue weighted by Gasteiger charge is -2.04. The molecule has 0 aromatic carbocycles. The second kappa shape index (κ2) is 23.5. The summed E-state index contributed by atoms with van der Waals surface area (Å²) in [6.07, 6.45) is 29.1. The fraction of sp³-hybridized carbons (Fsp3) is 0.889. The van der Waals surface area contributed by atoms with Gasteiger partial charge in [0, 0.05) is 6.42 Å². The number of carbonyl (C=O) groups is 1. The van der Waals surface area contributed by atoms with E-state index in [0.29, 0.717) is 6.42 Å². The summed E-state index contributed by atoms with van der Waals surface area (Å²) in [6.45, 7) is 6.84. The Balaban J connectivity index is 3.23. The average Bonchev–Trinajstić information content (AvgIpc) is 2.70. The maximum absolute atomic E-state index is 11.7. The van der Waals surface area contributed by atoms with Crippen molar-refractivity contribution in [2.24, 2.45) is 5.92 Å². The van der Waals surface area contributed by atoms with E-state index in [1.807, 2.05) is 6.08 Å². The molecule has 0 N–H and O–H groups in total. The molecule has 0 amide bonds. The third kappa shape index (κ3) is 25.2. The molecule has 0 aromatic heterocycles. The van der Waals surface area contributed by atoms with Gasteiger partial charge in [0.05, 0.1) is 6.26 Å². The molecule has 0 saturated heterocycles.